The van der Waals surface area contributed by atoms with Crippen molar-refractivity contribution in [1.82, 2.24) is 10.2 Å². The topological polar surface area (TPSA) is 15.3 Å². The highest BCUT2D eigenvalue weighted by atomic mass is 35.5. The number of nitrogens with zero attached hydrogens (tertiary/aromatic N) is 1. The largest absolute Gasteiger partial charge is 0.309 e. The standard InChI is InChI=1S/C16H24Cl2N2/c1-13(15-7-6-14(17)12-16(15)18)19-8-11-20-9-4-2-3-5-10-20/h6-7,12-13,19H,2-5,8-11H2,1H3. The van der Waals surface area contributed by atoms with Crippen LogP contribution in [-0.4, -0.2) is 31.1 Å². The molecule has 0 radical (unpaired) electrons. The van der Waals surface area contributed by atoms with Gasteiger partial charge in [0.15, 0.2) is 0 Å². The van der Waals surface area contributed by atoms with Gasteiger partial charge < -0.3 is 10.2 Å². The molecule has 0 amide bonds. The van der Waals surface area contributed by atoms with Crippen LogP contribution in [0.25, 0.3) is 0 Å². The van der Waals surface area contributed by atoms with Crippen molar-refractivity contribution >= 4 is 23.2 Å². The van der Waals surface area contributed by atoms with E-state index < -0.39 is 0 Å². The van der Waals surface area contributed by atoms with Crippen LogP contribution in [0, 0.1) is 0 Å². The molecule has 2 nitrogen and oxygen atoms in total. The highest BCUT2D eigenvalue weighted by Crippen LogP contribution is 2.25. The lowest BCUT2D eigenvalue weighted by Crippen LogP contribution is -2.33. The van der Waals surface area contributed by atoms with Gasteiger partial charge in [0.2, 0.25) is 0 Å². The van der Waals surface area contributed by atoms with Crippen LogP contribution < -0.4 is 5.32 Å². The molecule has 0 aromatic heterocycles. The molecule has 1 heterocycles. The molecule has 1 fully saturated rings. The number of benzene rings is 1. The van der Waals surface area contributed by atoms with Gasteiger partial charge >= 0.3 is 0 Å². The van der Waals surface area contributed by atoms with E-state index in [-0.39, 0.29) is 6.04 Å². The summed E-state index contributed by atoms with van der Waals surface area (Å²) in [7, 11) is 0. The van der Waals surface area contributed by atoms with Gasteiger partial charge in [0.25, 0.3) is 0 Å². The maximum Gasteiger partial charge on any atom is 0.0468 e. The molecule has 2 rings (SSSR count). The zero-order chi connectivity index (χ0) is 14.4. The average Bonchev–Trinajstić information content (AvgIpc) is 2.67. The summed E-state index contributed by atoms with van der Waals surface area (Å²) in [4.78, 5) is 2.57. The smallest absolute Gasteiger partial charge is 0.0468 e. The lowest BCUT2D eigenvalue weighted by Gasteiger charge is -2.22. The summed E-state index contributed by atoms with van der Waals surface area (Å²) in [6.07, 6.45) is 5.47. The first-order chi connectivity index (χ1) is 9.66. The van der Waals surface area contributed by atoms with E-state index in [0.717, 1.165) is 23.7 Å². The van der Waals surface area contributed by atoms with Crippen LogP contribution in [0.1, 0.15) is 44.2 Å². The lowest BCUT2D eigenvalue weighted by molar-refractivity contribution is 0.280. The molecule has 1 atom stereocenters. The van der Waals surface area contributed by atoms with Crippen LogP contribution in [0.3, 0.4) is 0 Å². The molecule has 1 aromatic carbocycles. The van der Waals surface area contributed by atoms with Crippen molar-refractivity contribution in [1.29, 1.82) is 0 Å². The molecule has 20 heavy (non-hydrogen) atoms. The minimum absolute atomic E-state index is 0.256. The molecule has 0 saturated carbocycles. The Morgan fingerprint density at radius 3 is 2.50 bits per heavy atom. The summed E-state index contributed by atoms with van der Waals surface area (Å²) in [5, 5.41) is 4.99. The summed E-state index contributed by atoms with van der Waals surface area (Å²) in [6, 6.07) is 5.97. The third-order valence-corrected chi connectivity index (χ3v) is 4.57. The molecule has 1 N–H and O–H groups in total. The minimum Gasteiger partial charge on any atom is -0.309 e. The van der Waals surface area contributed by atoms with E-state index in [2.05, 4.69) is 17.1 Å². The number of likely N-dealkylation sites (tertiary alicyclic amines) is 1. The number of hydrogen-bond acceptors (Lipinski definition) is 2. The number of rotatable bonds is 5. The van der Waals surface area contributed by atoms with Crippen LogP contribution >= 0.6 is 23.2 Å². The van der Waals surface area contributed by atoms with Gasteiger partial charge in [0, 0.05) is 29.2 Å². The number of nitrogens with one attached hydrogen (secondary N) is 1. The molecular weight excluding hydrogens is 291 g/mol. The molecule has 1 aliphatic rings. The second kappa shape index (κ2) is 8.23. The first kappa shape index (κ1) is 16.1. The Morgan fingerprint density at radius 2 is 1.85 bits per heavy atom. The second-order valence-corrected chi connectivity index (χ2v) is 6.44. The molecular formula is C16H24Cl2N2. The molecule has 0 aliphatic carbocycles. The summed E-state index contributed by atoms with van der Waals surface area (Å²) in [5.74, 6) is 0. The van der Waals surface area contributed by atoms with E-state index in [1.54, 1.807) is 0 Å². The van der Waals surface area contributed by atoms with Gasteiger partial charge in [-0.15, -0.1) is 0 Å². The normalized spacial score (nSPS) is 18.8. The molecule has 0 spiro atoms. The van der Waals surface area contributed by atoms with Crippen molar-refractivity contribution in [2.24, 2.45) is 0 Å². The Balaban J connectivity index is 1.78. The van der Waals surface area contributed by atoms with Crippen molar-refractivity contribution in [3.05, 3.63) is 33.8 Å². The van der Waals surface area contributed by atoms with Crippen LogP contribution in [0.2, 0.25) is 10.0 Å². The van der Waals surface area contributed by atoms with E-state index in [4.69, 9.17) is 23.2 Å². The Hall–Kier alpha value is -0.280. The quantitative estimate of drug-likeness (QED) is 0.859. The second-order valence-electron chi connectivity index (χ2n) is 5.60. The molecule has 4 heteroatoms. The maximum absolute atomic E-state index is 6.24. The molecule has 1 unspecified atom stereocenters. The lowest BCUT2D eigenvalue weighted by atomic mass is 10.1. The van der Waals surface area contributed by atoms with Crippen LogP contribution in [-0.2, 0) is 0 Å². The van der Waals surface area contributed by atoms with Gasteiger partial charge in [-0.2, -0.15) is 0 Å². The minimum atomic E-state index is 0.256. The van der Waals surface area contributed by atoms with Crippen molar-refractivity contribution in [2.45, 2.75) is 38.6 Å². The first-order valence-corrected chi connectivity index (χ1v) is 8.33. The zero-order valence-electron chi connectivity index (χ0n) is 12.2. The Labute approximate surface area is 132 Å². The summed E-state index contributed by atoms with van der Waals surface area (Å²) >= 11 is 12.2. The van der Waals surface area contributed by atoms with Gasteiger partial charge in [-0.25, -0.2) is 0 Å². The average molecular weight is 315 g/mol. The number of halogens is 2. The third-order valence-electron chi connectivity index (χ3n) is 4.01. The summed E-state index contributed by atoms with van der Waals surface area (Å²) in [6.45, 7) is 6.77. The zero-order valence-corrected chi connectivity index (χ0v) is 13.7. The first-order valence-electron chi connectivity index (χ1n) is 7.57. The number of hydrogen-bond donors (Lipinski definition) is 1. The summed E-state index contributed by atoms with van der Waals surface area (Å²) in [5.41, 5.74) is 1.12. The van der Waals surface area contributed by atoms with E-state index in [1.807, 2.05) is 18.2 Å². The third kappa shape index (κ3) is 4.92. The SMILES string of the molecule is CC(NCCN1CCCCCC1)c1ccc(Cl)cc1Cl. The van der Waals surface area contributed by atoms with E-state index in [9.17, 15) is 0 Å². The van der Waals surface area contributed by atoms with Gasteiger partial charge in [-0.05, 0) is 50.6 Å². The van der Waals surface area contributed by atoms with E-state index in [0.29, 0.717) is 5.02 Å². The van der Waals surface area contributed by atoms with Crippen molar-refractivity contribution < 1.29 is 0 Å². The van der Waals surface area contributed by atoms with Gasteiger partial charge in [0.05, 0.1) is 0 Å². The highest BCUT2D eigenvalue weighted by molar-refractivity contribution is 6.35. The molecule has 112 valence electrons. The fraction of sp³-hybridized carbons (Fsp3) is 0.625. The van der Waals surface area contributed by atoms with Crippen LogP contribution in [0.15, 0.2) is 18.2 Å². The van der Waals surface area contributed by atoms with E-state index in [1.165, 1.54) is 38.8 Å². The predicted octanol–water partition coefficient (Wildman–Crippen LogP) is 4.52. The molecule has 0 bridgehead atoms. The Kier molecular flexibility index (Phi) is 6.63. The fourth-order valence-corrected chi connectivity index (χ4v) is 3.33. The Morgan fingerprint density at radius 1 is 1.15 bits per heavy atom. The van der Waals surface area contributed by atoms with Gasteiger partial charge in [0.1, 0.15) is 0 Å². The monoisotopic (exact) mass is 314 g/mol. The summed E-state index contributed by atoms with van der Waals surface area (Å²) < 4.78 is 0. The molecule has 1 aliphatic heterocycles. The van der Waals surface area contributed by atoms with Gasteiger partial charge in [-0.3, -0.25) is 0 Å². The van der Waals surface area contributed by atoms with Crippen LogP contribution in [0.5, 0.6) is 0 Å². The highest BCUT2D eigenvalue weighted by Gasteiger charge is 2.11. The van der Waals surface area contributed by atoms with Crippen molar-refractivity contribution in [2.75, 3.05) is 26.2 Å². The van der Waals surface area contributed by atoms with E-state index >= 15 is 0 Å². The van der Waals surface area contributed by atoms with Gasteiger partial charge in [-0.1, -0.05) is 42.1 Å². The molecule has 1 aromatic rings. The maximum atomic E-state index is 6.24. The Bertz CT molecular complexity index is 415. The predicted molar refractivity (Wildman–Crippen MR) is 87.8 cm³/mol. The van der Waals surface area contributed by atoms with Crippen LogP contribution in [0.4, 0.5) is 0 Å². The van der Waals surface area contributed by atoms with Crippen molar-refractivity contribution in [3.63, 3.8) is 0 Å². The fourth-order valence-electron chi connectivity index (χ4n) is 2.76. The van der Waals surface area contributed by atoms with Crippen molar-refractivity contribution in [3.8, 4) is 0 Å². The molecule has 1 saturated heterocycles.